The first-order chi connectivity index (χ1) is 21.9. The standard InChI is InChI=1S/C34H37ClF3N5O3/c1-18-14-42(16-33(3,41-18)19(2)44)31-24-12-26(37)28(23-11-22(45)10-20-6-4-7-25(35)27(20)23)29(38)30(24)39-32(40-31)46-17-34-8-5-9-43(34)15-21(36)13-34/h4,6-7,10-12,18-19,21,41,44-45H,5,8-9,13-17H2,1-3H3/t18-,19?,21-,33-,34+/m1/s1. The van der Waals surface area contributed by atoms with Gasteiger partial charge in [-0.15, -0.1) is 0 Å². The molecule has 12 heteroatoms. The fraction of sp³-hybridized carbons (Fsp3) is 0.471. The van der Waals surface area contributed by atoms with E-state index in [2.05, 4.69) is 15.2 Å². The lowest BCUT2D eigenvalue weighted by molar-refractivity contribution is 0.0714. The van der Waals surface area contributed by atoms with Crippen molar-refractivity contribution in [2.24, 2.45) is 0 Å². The largest absolute Gasteiger partial charge is 0.508 e. The summed E-state index contributed by atoms with van der Waals surface area (Å²) in [6.45, 7) is 7.53. The van der Waals surface area contributed by atoms with Crippen molar-refractivity contribution in [1.82, 2.24) is 20.2 Å². The van der Waals surface area contributed by atoms with E-state index in [0.29, 0.717) is 36.8 Å². The maximum Gasteiger partial charge on any atom is 0.319 e. The summed E-state index contributed by atoms with van der Waals surface area (Å²) >= 11 is 6.53. The molecular weight excluding hydrogens is 619 g/mol. The topological polar surface area (TPSA) is 94.0 Å². The van der Waals surface area contributed by atoms with Crippen LogP contribution in [0, 0.1) is 11.6 Å². The molecule has 0 aliphatic carbocycles. The van der Waals surface area contributed by atoms with Crippen molar-refractivity contribution in [3.05, 3.63) is 53.1 Å². The number of piperazine rings is 1. The minimum Gasteiger partial charge on any atom is -0.508 e. The van der Waals surface area contributed by atoms with Crippen molar-refractivity contribution in [3.63, 3.8) is 0 Å². The fourth-order valence-corrected chi connectivity index (χ4v) is 8.07. The number of phenols is 1. The Morgan fingerprint density at radius 2 is 2.00 bits per heavy atom. The highest BCUT2D eigenvalue weighted by Crippen LogP contribution is 2.43. The molecule has 5 atom stereocenters. The minimum atomic E-state index is -0.956. The van der Waals surface area contributed by atoms with Crippen molar-refractivity contribution in [2.75, 3.05) is 37.7 Å². The second kappa shape index (κ2) is 11.4. The molecular formula is C34H37ClF3N5O3. The number of aromatic nitrogens is 2. The van der Waals surface area contributed by atoms with Gasteiger partial charge in [-0.25, -0.2) is 13.2 Å². The second-order valence-electron chi connectivity index (χ2n) is 13.5. The number of hydrogen-bond acceptors (Lipinski definition) is 8. The van der Waals surface area contributed by atoms with Crippen LogP contribution in [-0.2, 0) is 0 Å². The lowest BCUT2D eigenvalue weighted by Gasteiger charge is -2.47. The summed E-state index contributed by atoms with van der Waals surface area (Å²) in [4.78, 5) is 13.2. The first kappa shape index (κ1) is 31.2. The minimum absolute atomic E-state index is 0.0815. The first-order valence-corrected chi connectivity index (χ1v) is 16.1. The Balaban J connectivity index is 1.40. The lowest BCUT2D eigenvalue weighted by Crippen LogP contribution is -2.67. The molecule has 3 fully saturated rings. The monoisotopic (exact) mass is 655 g/mol. The Bertz CT molecular complexity index is 1850. The zero-order chi connectivity index (χ0) is 32.5. The molecule has 46 heavy (non-hydrogen) atoms. The van der Waals surface area contributed by atoms with Gasteiger partial charge < -0.3 is 25.2 Å². The van der Waals surface area contributed by atoms with E-state index in [1.165, 1.54) is 18.2 Å². The quantitative estimate of drug-likeness (QED) is 0.234. The predicted molar refractivity (Wildman–Crippen MR) is 173 cm³/mol. The molecule has 8 nitrogen and oxygen atoms in total. The molecule has 3 N–H and O–H groups in total. The van der Waals surface area contributed by atoms with Gasteiger partial charge in [-0.2, -0.15) is 9.97 Å². The smallest absolute Gasteiger partial charge is 0.319 e. The van der Waals surface area contributed by atoms with Crippen molar-refractivity contribution in [1.29, 1.82) is 0 Å². The summed E-state index contributed by atoms with van der Waals surface area (Å²) in [7, 11) is 0. The average molecular weight is 656 g/mol. The van der Waals surface area contributed by atoms with Gasteiger partial charge in [-0.1, -0.05) is 23.7 Å². The van der Waals surface area contributed by atoms with Crippen molar-refractivity contribution in [2.45, 2.75) is 69.4 Å². The number of nitrogens with one attached hydrogen (secondary N) is 1. The Labute approximate surface area is 270 Å². The van der Waals surface area contributed by atoms with Gasteiger partial charge in [0.1, 0.15) is 35.7 Å². The molecule has 244 valence electrons. The number of nitrogens with zero attached hydrogens (tertiary/aromatic N) is 4. The number of ether oxygens (including phenoxy) is 1. The van der Waals surface area contributed by atoms with Gasteiger partial charge in [-0.05, 0) is 69.8 Å². The number of halogens is 4. The van der Waals surface area contributed by atoms with Crippen LogP contribution in [0.2, 0.25) is 5.02 Å². The number of alkyl halides is 1. The van der Waals surface area contributed by atoms with Crippen LogP contribution in [0.5, 0.6) is 11.8 Å². The normalized spacial score (nSPS) is 27.4. The SMILES string of the molecule is CC(O)[C@@]1(C)CN(c2nc(OC[C@@]34CCCN3C[C@H](F)C4)nc3c(F)c(-c4cc(O)cc5cccc(Cl)c45)c(F)cc23)C[C@@H](C)N1. The number of phenolic OH excluding ortho intramolecular Hbond substituents is 1. The Hall–Kier alpha value is -3.38. The molecule has 0 bridgehead atoms. The van der Waals surface area contributed by atoms with E-state index < -0.39 is 40.6 Å². The molecule has 3 aromatic carbocycles. The number of fused-ring (bicyclic) bond motifs is 3. The van der Waals surface area contributed by atoms with Gasteiger partial charge in [0.05, 0.1) is 22.7 Å². The zero-order valence-electron chi connectivity index (χ0n) is 26.0. The van der Waals surface area contributed by atoms with E-state index in [0.717, 1.165) is 19.4 Å². The van der Waals surface area contributed by atoms with Gasteiger partial charge in [0.2, 0.25) is 0 Å². The third kappa shape index (κ3) is 5.21. The highest BCUT2D eigenvalue weighted by molar-refractivity contribution is 6.36. The Morgan fingerprint density at radius 3 is 2.78 bits per heavy atom. The highest BCUT2D eigenvalue weighted by Gasteiger charge is 2.49. The number of benzene rings is 3. The van der Waals surface area contributed by atoms with Gasteiger partial charge >= 0.3 is 6.01 Å². The molecule has 0 saturated carbocycles. The number of aliphatic hydroxyl groups excluding tert-OH is 1. The van der Waals surface area contributed by atoms with Crippen LogP contribution in [0.1, 0.15) is 40.0 Å². The van der Waals surface area contributed by atoms with Crippen LogP contribution in [0.4, 0.5) is 19.0 Å². The van der Waals surface area contributed by atoms with Gasteiger partial charge in [-0.3, -0.25) is 4.90 Å². The zero-order valence-corrected chi connectivity index (χ0v) is 26.7. The third-order valence-corrected chi connectivity index (χ3v) is 10.4. The van der Waals surface area contributed by atoms with Gasteiger partial charge in [0.15, 0.2) is 5.82 Å². The average Bonchev–Trinajstić information content (AvgIpc) is 3.51. The summed E-state index contributed by atoms with van der Waals surface area (Å²) in [6.07, 6.45) is 0.335. The van der Waals surface area contributed by atoms with E-state index in [9.17, 15) is 14.6 Å². The molecule has 3 aliphatic heterocycles. The first-order valence-electron chi connectivity index (χ1n) is 15.7. The van der Waals surface area contributed by atoms with Crippen molar-refractivity contribution >= 4 is 39.1 Å². The van der Waals surface area contributed by atoms with E-state index in [4.69, 9.17) is 21.3 Å². The molecule has 3 aliphatic rings. The van der Waals surface area contributed by atoms with E-state index in [1.54, 1.807) is 25.1 Å². The molecule has 3 saturated heterocycles. The van der Waals surface area contributed by atoms with Gasteiger partial charge in [0.25, 0.3) is 0 Å². The third-order valence-electron chi connectivity index (χ3n) is 10.1. The summed E-state index contributed by atoms with van der Waals surface area (Å²) in [5, 5.41) is 25.9. The number of aliphatic hydroxyl groups is 1. The molecule has 1 unspecified atom stereocenters. The van der Waals surface area contributed by atoms with Crippen LogP contribution >= 0.6 is 11.6 Å². The number of anilines is 1. The van der Waals surface area contributed by atoms with E-state index in [-0.39, 0.29) is 51.7 Å². The van der Waals surface area contributed by atoms with Crippen LogP contribution in [0.15, 0.2) is 36.4 Å². The van der Waals surface area contributed by atoms with Crippen LogP contribution in [0.25, 0.3) is 32.8 Å². The molecule has 4 aromatic rings. The van der Waals surface area contributed by atoms with Crippen LogP contribution in [0.3, 0.4) is 0 Å². The number of aromatic hydroxyl groups is 1. The second-order valence-corrected chi connectivity index (χ2v) is 13.9. The molecule has 0 amide bonds. The maximum absolute atomic E-state index is 16.9. The lowest BCUT2D eigenvalue weighted by atomic mass is 9.90. The van der Waals surface area contributed by atoms with E-state index in [1.807, 2.05) is 18.7 Å². The summed E-state index contributed by atoms with van der Waals surface area (Å²) in [6, 6.07) is 8.79. The Morgan fingerprint density at radius 1 is 1.20 bits per heavy atom. The van der Waals surface area contributed by atoms with Crippen molar-refractivity contribution in [3.8, 4) is 22.9 Å². The molecule has 0 radical (unpaired) electrons. The number of rotatable bonds is 6. The molecule has 7 rings (SSSR count). The molecule has 1 aromatic heterocycles. The summed E-state index contributed by atoms with van der Waals surface area (Å²) in [5.41, 5.74) is -1.71. The van der Waals surface area contributed by atoms with Gasteiger partial charge in [0, 0.05) is 53.5 Å². The fourth-order valence-electron chi connectivity index (χ4n) is 7.78. The van der Waals surface area contributed by atoms with Crippen LogP contribution < -0.4 is 15.0 Å². The predicted octanol–water partition coefficient (Wildman–Crippen LogP) is 5.98. The highest BCUT2D eigenvalue weighted by atomic mass is 35.5. The summed E-state index contributed by atoms with van der Waals surface area (Å²) < 4.78 is 53.8. The Kier molecular flexibility index (Phi) is 7.74. The van der Waals surface area contributed by atoms with Crippen molar-refractivity contribution < 1.29 is 28.1 Å². The number of hydrogen-bond donors (Lipinski definition) is 3. The molecule has 4 heterocycles. The van der Waals surface area contributed by atoms with E-state index >= 15 is 8.78 Å². The maximum atomic E-state index is 16.9. The van der Waals surface area contributed by atoms with Crippen LogP contribution in [-0.4, -0.2) is 87.3 Å². The summed E-state index contributed by atoms with van der Waals surface area (Å²) in [5.74, 6) is -1.75. The molecule has 0 spiro atoms.